The van der Waals surface area contributed by atoms with Crippen LogP contribution in [0.2, 0.25) is 0 Å². The van der Waals surface area contributed by atoms with Gasteiger partial charge in [-0.25, -0.2) is 4.79 Å². The molecule has 5 nitrogen and oxygen atoms in total. The molecule has 0 radical (unpaired) electrons. The Kier molecular flexibility index (Phi) is 7.67. The Morgan fingerprint density at radius 1 is 1.50 bits per heavy atom. The van der Waals surface area contributed by atoms with Crippen molar-refractivity contribution >= 4 is 5.97 Å². The van der Waals surface area contributed by atoms with Crippen molar-refractivity contribution in [2.75, 3.05) is 7.11 Å². The Morgan fingerprint density at radius 3 is 2.56 bits per heavy atom. The van der Waals surface area contributed by atoms with E-state index in [1.54, 1.807) is 13.0 Å². The van der Waals surface area contributed by atoms with Crippen molar-refractivity contribution in [3.63, 3.8) is 0 Å². The van der Waals surface area contributed by atoms with Gasteiger partial charge >= 0.3 is 5.97 Å². The number of rotatable bonds is 8. The fourth-order valence-electron chi connectivity index (χ4n) is 1.56. The SMILES string of the molecule is C=C(C)C(CCC(C)CC=CC(=O)OC)[N+](=O)[O-]. The van der Waals surface area contributed by atoms with Crippen molar-refractivity contribution in [2.45, 2.75) is 39.2 Å². The fraction of sp³-hybridized carbons (Fsp3) is 0.615. The maximum Gasteiger partial charge on any atom is 0.330 e. The Balaban J connectivity index is 4.06. The van der Waals surface area contributed by atoms with Crippen LogP contribution in [0.3, 0.4) is 0 Å². The van der Waals surface area contributed by atoms with Crippen LogP contribution in [0.15, 0.2) is 24.3 Å². The van der Waals surface area contributed by atoms with Gasteiger partial charge in [-0.2, -0.15) is 0 Å². The van der Waals surface area contributed by atoms with Gasteiger partial charge < -0.3 is 4.74 Å². The highest BCUT2D eigenvalue weighted by Gasteiger charge is 2.21. The molecule has 0 amide bonds. The van der Waals surface area contributed by atoms with E-state index in [-0.39, 0.29) is 16.8 Å². The third-order valence-corrected chi connectivity index (χ3v) is 2.75. The molecule has 0 aromatic rings. The summed E-state index contributed by atoms with van der Waals surface area (Å²) in [6.07, 6.45) is 5.02. The van der Waals surface area contributed by atoms with Gasteiger partial charge in [-0.1, -0.05) is 19.6 Å². The lowest BCUT2D eigenvalue weighted by molar-refractivity contribution is -0.513. The quantitative estimate of drug-likeness (QED) is 0.220. The number of methoxy groups -OCH3 is 1. The predicted molar refractivity (Wildman–Crippen MR) is 69.8 cm³/mol. The van der Waals surface area contributed by atoms with Crippen LogP contribution in [0.25, 0.3) is 0 Å². The Hall–Kier alpha value is -1.65. The molecule has 0 rings (SSSR count). The summed E-state index contributed by atoms with van der Waals surface area (Å²) in [5, 5.41) is 10.8. The summed E-state index contributed by atoms with van der Waals surface area (Å²) in [6.45, 7) is 7.31. The van der Waals surface area contributed by atoms with E-state index in [0.29, 0.717) is 18.4 Å². The third-order valence-electron chi connectivity index (χ3n) is 2.75. The Bertz CT molecular complexity index is 322. The van der Waals surface area contributed by atoms with Crippen molar-refractivity contribution in [3.05, 3.63) is 34.4 Å². The summed E-state index contributed by atoms with van der Waals surface area (Å²) in [5.41, 5.74) is 0.581. The maximum atomic E-state index is 10.8. The Labute approximate surface area is 108 Å². The summed E-state index contributed by atoms with van der Waals surface area (Å²) in [4.78, 5) is 21.3. The van der Waals surface area contributed by atoms with Crippen LogP contribution < -0.4 is 0 Å². The van der Waals surface area contributed by atoms with E-state index in [1.165, 1.54) is 13.2 Å². The first-order valence-electron chi connectivity index (χ1n) is 5.91. The highest BCUT2D eigenvalue weighted by Crippen LogP contribution is 2.17. The zero-order valence-electron chi connectivity index (χ0n) is 11.2. The normalized spacial score (nSPS) is 14.2. The van der Waals surface area contributed by atoms with Crippen molar-refractivity contribution in [2.24, 2.45) is 5.92 Å². The van der Waals surface area contributed by atoms with E-state index in [1.807, 2.05) is 6.92 Å². The summed E-state index contributed by atoms with van der Waals surface area (Å²) >= 11 is 0. The minimum absolute atomic E-state index is 0.285. The van der Waals surface area contributed by atoms with Gasteiger partial charge in [0.15, 0.2) is 0 Å². The number of allylic oxidation sites excluding steroid dienone is 1. The van der Waals surface area contributed by atoms with Crippen LogP contribution in [-0.4, -0.2) is 24.0 Å². The fourth-order valence-corrected chi connectivity index (χ4v) is 1.56. The number of carbonyl (C=O) groups excluding carboxylic acids is 1. The van der Waals surface area contributed by atoms with Crippen LogP contribution in [0, 0.1) is 16.0 Å². The van der Waals surface area contributed by atoms with E-state index in [0.717, 1.165) is 6.42 Å². The van der Waals surface area contributed by atoms with E-state index >= 15 is 0 Å². The molecule has 5 heteroatoms. The molecular formula is C13H21NO4. The molecule has 0 heterocycles. The van der Waals surface area contributed by atoms with E-state index < -0.39 is 6.04 Å². The van der Waals surface area contributed by atoms with Gasteiger partial charge in [-0.15, -0.1) is 0 Å². The smallest absolute Gasteiger partial charge is 0.330 e. The lowest BCUT2D eigenvalue weighted by Gasteiger charge is -2.12. The van der Waals surface area contributed by atoms with Gasteiger partial charge in [0, 0.05) is 17.4 Å². The van der Waals surface area contributed by atoms with E-state index in [2.05, 4.69) is 11.3 Å². The van der Waals surface area contributed by atoms with Gasteiger partial charge in [0.05, 0.1) is 7.11 Å². The second kappa shape index (κ2) is 8.44. The average Bonchev–Trinajstić information content (AvgIpc) is 2.27. The van der Waals surface area contributed by atoms with Crippen molar-refractivity contribution in [1.82, 2.24) is 0 Å². The molecule has 0 aromatic carbocycles. The Morgan fingerprint density at radius 2 is 2.11 bits per heavy atom. The number of esters is 1. The zero-order chi connectivity index (χ0) is 14.1. The average molecular weight is 255 g/mol. The number of hydrogen-bond donors (Lipinski definition) is 0. The molecule has 102 valence electrons. The standard InChI is InChI=1S/C13H21NO4/c1-10(2)12(14(16)17)9-8-11(3)6-5-7-13(15)18-4/h5,7,11-12H,1,6,8-9H2,2-4H3. The topological polar surface area (TPSA) is 69.4 Å². The molecule has 18 heavy (non-hydrogen) atoms. The minimum atomic E-state index is -0.669. The first kappa shape index (κ1) is 16.4. The minimum Gasteiger partial charge on any atom is -0.466 e. The molecule has 0 aromatic heterocycles. The van der Waals surface area contributed by atoms with Crippen LogP contribution in [0.4, 0.5) is 0 Å². The largest absolute Gasteiger partial charge is 0.466 e. The molecule has 0 aliphatic carbocycles. The number of hydrogen-bond acceptors (Lipinski definition) is 4. The summed E-state index contributed by atoms with van der Waals surface area (Å²) in [7, 11) is 1.32. The second-order valence-corrected chi connectivity index (χ2v) is 4.49. The zero-order valence-corrected chi connectivity index (χ0v) is 11.2. The first-order valence-corrected chi connectivity index (χ1v) is 5.91. The van der Waals surface area contributed by atoms with Gasteiger partial charge in [-0.05, 0) is 31.3 Å². The summed E-state index contributed by atoms with van der Waals surface area (Å²) < 4.78 is 4.47. The molecular weight excluding hydrogens is 234 g/mol. The molecule has 0 N–H and O–H groups in total. The van der Waals surface area contributed by atoms with Crippen molar-refractivity contribution < 1.29 is 14.5 Å². The lowest BCUT2D eigenvalue weighted by atomic mass is 9.96. The highest BCUT2D eigenvalue weighted by atomic mass is 16.6. The molecule has 0 bridgehead atoms. The van der Waals surface area contributed by atoms with Gasteiger partial charge in [0.1, 0.15) is 0 Å². The van der Waals surface area contributed by atoms with E-state index in [4.69, 9.17) is 0 Å². The third kappa shape index (κ3) is 6.83. The van der Waals surface area contributed by atoms with Gasteiger partial charge in [0.25, 0.3) is 0 Å². The number of nitro groups is 1. The lowest BCUT2D eigenvalue weighted by Crippen LogP contribution is -2.21. The number of nitrogens with zero attached hydrogens (tertiary/aromatic N) is 1. The monoisotopic (exact) mass is 255 g/mol. The molecule has 0 aliphatic rings. The van der Waals surface area contributed by atoms with Crippen molar-refractivity contribution in [3.8, 4) is 0 Å². The molecule has 0 fully saturated rings. The second-order valence-electron chi connectivity index (χ2n) is 4.49. The van der Waals surface area contributed by atoms with Crippen LogP contribution >= 0.6 is 0 Å². The predicted octanol–water partition coefficient (Wildman–Crippen LogP) is 2.74. The summed E-state index contributed by atoms with van der Waals surface area (Å²) in [6, 6.07) is -0.669. The summed E-state index contributed by atoms with van der Waals surface area (Å²) in [5.74, 6) is -0.0972. The number of ether oxygens (including phenoxy) is 1. The molecule has 0 saturated heterocycles. The highest BCUT2D eigenvalue weighted by molar-refractivity contribution is 5.81. The van der Waals surface area contributed by atoms with Crippen LogP contribution in [0.5, 0.6) is 0 Å². The molecule has 2 atom stereocenters. The molecule has 2 unspecified atom stereocenters. The number of carbonyl (C=O) groups is 1. The molecule has 0 aliphatic heterocycles. The maximum absolute atomic E-state index is 10.8. The molecule has 0 saturated carbocycles. The molecule has 0 spiro atoms. The van der Waals surface area contributed by atoms with Gasteiger partial charge in [-0.3, -0.25) is 10.1 Å². The van der Waals surface area contributed by atoms with Crippen LogP contribution in [0.1, 0.15) is 33.1 Å². The first-order chi connectivity index (χ1) is 8.38. The van der Waals surface area contributed by atoms with Crippen molar-refractivity contribution in [1.29, 1.82) is 0 Å². The van der Waals surface area contributed by atoms with E-state index in [9.17, 15) is 14.9 Å². The van der Waals surface area contributed by atoms with Gasteiger partial charge in [0.2, 0.25) is 6.04 Å². The van der Waals surface area contributed by atoms with Crippen LogP contribution in [-0.2, 0) is 9.53 Å².